The predicted molar refractivity (Wildman–Crippen MR) is 123 cm³/mol. The van der Waals surface area contributed by atoms with Gasteiger partial charge in [-0.15, -0.1) is 24.5 Å². The van der Waals surface area contributed by atoms with E-state index in [2.05, 4.69) is 20.4 Å². The number of hydrogen-bond acceptors (Lipinski definition) is 8. The van der Waals surface area contributed by atoms with Gasteiger partial charge in [-0.1, -0.05) is 6.07 Å². The van der Waals surface area contributed by atoms with Gasteiger partial charge in [-0.3, -0.25) is 9.59 Å². The zero-order chi connectivity index (χ0) is 26.1. The molecule has 36 heavy (non-hydrogen) atoms. The van der Waals surface area contributed by atoms with E-state index < -0.39 is 23.9 Å². The van der Waals surface area contributed by atoms with Gasteiger partial charge < -0.3 is 29.6 Å². The van der Waals surface area contributed by atoms with E-state index in [1.54, 1.807) is 23.6 Å². The molecular weight excluding hydrogens is 503 g/mol. The van der Waals surface area contributed by atoms with E-state index in [9.17, 15) is 22.8 Å². The summed E-state index contributed by atoms with van der Waals surface area (Å²) in [6.07, 6.45) is -4.79. The fourth-order valence-electron chi connectivity index (χ4n) is 2.97. The summed E-state index contributed by atoms with van der Waals surface area (Å²) in [6.45, 7) is -0.131. The highest BCUT2D eigenvalue weighted by Crippen LogP contribution is 2.28. The molecule has 9 nitrogen and oxygen atoms in total. The summed E-state index contributed by atoms with van der Waals surface area (Å²) in [6, 6.07) is 9.95. The number of aromatic nitrogens is 1. The van der Waals surface area contributed by atoms with E-state index >= 15 is 0 Å². The van der Waals surface area contributed by atoms with Crippen molar-refractivity contribution in [2.75, 3.05) is 20.8 Å². The van der Waals surface area contributed by atoms with Gasteiger partial charge in [0.15, 0.2) is 6.61 Å². The summed E-state index contributed by atoms with van der Waals surface area (Å²) in [7, 11) is 3.05. The number of thiazole rings is 1. The van der Waals surface area contributed by atoms with Crippen LogP contribution >= 0.6 is 11.3 Å². The van der Waals surface area contributed by atoms with Crippen molar-refractivity contribution >= 4 is 23.2 Å². The van der Waals surface area contributed by atoms with Crippen molar-refractivity contribution in [1.82, 2.24) is 15.6 Å². The number of methoxy groups -OCH3 is 2. The summed E-state index contributed by atoms with van der Waals surface area (Å²) in [4.78, 5) is 28.8. The molecule has 3 rings (SSSR count). The second-order valence-electron chi connectivity index (χ2n) is 7.03. The molecule has 0 aliphatic heterocycles. The van der Waals surface area contributed by atoms with Crippen molar-refractivity contribution in [3.63, 3.8) is 0 Å². The zero-order valence-corrected chi connectivity index (χ0v) is 20.0. The summed E-state index contributed by atoms with van der Waals surface area (Å²) >= 11 is 1.19. The predicted octanol–water partition coefficient (Wildman–Crippen LogP) is 3.68. The number of amides is 2. The Balaban J connectivity index is 1.45. The molecule has 0 aliphatic carbocycles. The number of alkyl halides is 3. The Morgan fingerprint density at radius 1 is 0.944 bits per heavy atom. The van der Waals surface area contributed by atoms with Gasteiger partial charge in [0.25, 0.3) is 11.8 Å². The average Bonchev–Trinajstić information content (AvgIpc) is 3.33. The Bertz CT molecular complexity index is 1160. The molecule has 1 aromatic heterocycles. The van der Waals surface area contributed by atoms with Gasteiger partial charge in [0.05, 0.1) is 32.9 Å². The molecule has 0 atom stereocenters. The Morgan fingerprint density at radius 2 is 1.58 bits per heavy atom. The SMILES string of the molecule is COc1cccc(OC)c1CNC(=O)c1csc(CNC(=O)COc2ccc(OC(F)(F)F)cc2)n1. The molecule has 192 valence electrons. The lowest BCUT2D eigenvalue weighted by molar-refractivity contribution is -0.274. The number of halogens is 3. The molecular formula is C23H22F3N3O6S. The average molecular weight is 526 g/mol. The van der Waals surface area contributed by atoms with Gasteiger partial charge in [-0.05, 0) is 36.4 Å². The van der Waals surface area contributed by atoms with Crippen molar-refractivity contribution in [3.05, 3.63) is 64.1 Å². The van der Waals surface area contributed by atoms with Crippen LogP contribution in [0.3, 0.4) is 0 Å². The third-order valence-corrected chi connectivity index (χ3v) is 5.45. The minimum Gasteiger partial charge on any atom is -0.496 e. The molecule has 0 spiro atoms. The first-order valence-electron chi connectivity index (χ1n) is 10.4. The summed E-state index contributed by atoms with van der Waals surface area (Å²) in [5, 5.41) is 7.43. The molecule has 3 aromatic rings. The van der Waals surface area contributed by atoms with E-state index in [-0.39, 0.29) is 31.1 Å². The van der Waals surface area contributed by atoms with Crippen LogP contribution in [0.5, 0.6) is 23.0 Å². The van der Waals surface area contributed by atoms with Gasteiger partial charge in [0.1, 0.15) is 33.7 Å². The highest BCUT2D eigenvalue weighted by Gasteiger charge is 2.31. The van der Waals surface area contributed by atoms with Crippen LogP contribution in [0.25, 0.3) is 0 Å². The normalized spacial score (nSPS) is 10.9. The first-order chi connectivity index (χ1) is 17.2. The van der Waals surface area contributed by atoms with Gasteiger partial charge in [-0.25, -0.2) is 4.98 Å². The van der Waals surface area contributed by atoms with Crippen LogP contribution in [0.1, 0.15) is 21.1 Å². The van der Waals surface area contributed by atoms with Gasteiger partial charge in [0, 0.05) is 5.38 Å². The molecule has 0 unspecified atom stereocenters. The number of carbonyl (C=O) groups excluding carboxylic acids is 2. The van der Waals surface area contributed by atoms with Crippen molar-refractivity contribution in [2.45, 2.75) is 19.5 Å². The molecule has 13 heteroatoms. The Hall–Kier alpha value is -4.00. The van der Waals surface area contributed by atoms with Gasteiger partial charge >= 0.3 is 6.36 Å². The standard InChI is InChI=1S/C23H22F3N3O6S/c1-32-18-4-3-5-19(33-2)16(18)10-28-22(31)17-13-36-21(29-17)11-27-20(30)12-34-14-6-8-15(9-7-14)35-23(24,25)26/h3-9,13H,10-12H2,1-2H3,(H,27,30)(H,28,31). The second kappa shape index (κ2) is 12.1. The Labute approximate surface area is 208 Å². The van der Waals surface area contributed by atoms with Crippen molar-refractivity contribution < 1.29 is 41.7 Å². The number of hydrogen-bond donors (Lipinski definition) is 2. The maximum Gasteiger partial charge on any atom is 0.573 e. The lowest BCUT2D eigenvalue weighted by Crippen LogP contribution is -2.28. The third-order valence-electron chi connectivity index (χ3n) is 4.60. The number of rotatable bonds is 11. The number of carbonyl (C=O) groups is 2. The van der Waals surface area contributed by atoms with Crippen LogP contribution in [-0.2, 0) is 17.9 Å². The number of nitrogens with one attached hydrogen (secondary N) is 2. The van der Waals surface area contributed by atoms with Crippen LogP contribution in [0.2, 0.25) is 0 Å². The van der Waals surface area contributed by atoms with Crippen LogP contribution in [0, 0.1) is 0 Å². The highest BCUT2D eigenvalue weighted by molar-refractivity contribution is 7.09. The van der Waals surface area contributed by atoms with E-state index in [0.717, 1.165) is 12.1 Å². The lowest BCUT2D eigenvalue weighted by atomic mass is 10.1. The summed E-state index contributed by atoms with van der Waals surface area (Å²) < 4.78 is 56.2. The molecule has 0 bridgehead atoms. The number of benzene rings is 2. The van der Waals surface area contributed by atoms with E-state index in [4.69, 9.17) is 14.2 Å². The summed E-state index contributed by atoms with van der Waals surface area (Å²) in [5.74, 6) is 0.0610. The minimum absolute atomic E-state index is 0.0683. The largest absolute Gasteiger partial charge is 0.573 e. The Kier molecular flexibility index (Phi) is 8.95. The van der Waals surface area contributed by atoms with Crippen LogP contribution < -0.4 is 29.6 Å². The van der Waals surface area contributed by atoms with E-state index in [0.29, 0.717) is 22.1 Å². The molecule has 1 heterocycles. The lowest BCUT2D eigenvalue weighted by Gasteiger charge is -2.13. The monoisotopic (exact) mass is 525 g/mol. The number of nitrogens with zero attached hydrogens (tertiary/aromatic N) is 1. The quantitative estimate of drug-likeness (QED) is 0.393. The summed E-state index contributed by atoms with van der Waals surface area (Å²) in [5.41, 5.74) is 0.872. The molecule has 0 radical (unpaired) electrons. The van der Waals surface area contributed by atoms with E-state index in [1.165, 1.54) is 37.7 Å². The fraction of sp³-hybridized carbons (Fsp3) is 0.261. The molecule has 0 fully saturated rings. The maximum absolute atomic E-state index is 12.5. The molecule has 2 amide bonds. The van der Waals surface area contributed by atoms with Gasteiger partial charge in [0.2, 0.25) is 0 Å². The van der Waals surface area contributed by atoms with Crippen LogP contribution in [-0.4, -0.2) is 44.0 Å². The van der Waals surface area contributed by atoms with Crippen molar-refractivity contribution in [1.29, 1.82) is 0 Å². The smallest absolute Gasteiger partial charge is 0.496 e. The van der Waals surface area contributed by atoms with Crippen molar-refractivity contribution in [3.8, 4) is 23.0 Å². The first-order valence-corrected chi connectivity index (χ1v) is 11.2. The van der Waals surface area contributed by atoms with Gasteiger partial charge in [-0.2, -0.15) is 0 Å². The highest BCUT2D eigenvalue weighted by atomic mass is 32.1. The molecule has 0 saturated carbocycles. The third kappa shape index (κ3) is 7.77. The topological polar surface area (TPSA) is 108 Å². The zero-order valence-electron chi connectivity index (χ0n) is 19.2. The second-order valence-corrected chi connectivity index (χ2v) is 7.98. The molecule has 0 aliphatic rings. The molecule has 2 aromatic carbocycles. The minimum atomic E-state index is -4.79. The Morgan fingerprint density at radius 3 is 2.19 bits per heavy atom. The maximum atomic E-state index is 12.5. The van der Waals surface area contributed by atoms with Crippen LogP contribution in [0.4, 0.5) is 13.2 Å². The first kappa shape index (κ1) is 26.6. The fourth-order valence-corrected chi connectivity index (χ4v) is 3.68. The number of ether oxygens (including phenoxy) is 4. The molecule has 0 saturated heterocycles. The van der Waals surface area contributed by atoms with Crippen LogP contribution in [0.15, 0.2) is 47.8 Å². The molecule has 2 N–H and O–H groups in total. The van der Waals surface area contributed by atoms with E-state index in [1.807, 2.05) is 0 Å². The van der Waals surface area contributed by atoms with Crippen molar-refractivity contribution in [2.24, 2.45) is 0 Å².